The second-order valence-corrected chi connectivity index (χ2v) is 6.65. The van der Waals surface area contributed by atoms with E-state index in [2.05, 4.69) is 10.1 Å². The van der Waals surface area contributed by atoms with Gasteiger partial charge in [0.05, 0.1) is 26.7 Å². The predicted molar refractivity (Wildman–Crippen MR) is 109 cm³/mol. The fraction of sp³-hybridized carbons (Fsp3) is 0.318. The molecule has 152 valence electrons. The third-order valence-electron chi connectivity index (χ3n) is 4.77. The van der Waals surface area contributed by atoms with Crippen molar-refractivity contribution in [3.63, 3.8) is 0 Å². The molecule has 0 radical (unpaired) electrons. The number of carbonyl (C=O) groups excluding carboxylic acids is 1. The Balaban J connectivity index is 1.73. The van der Waals surface area contributed by atoms with Gasteiger partial charge in [-0.05, 0) is 30.2 Å². The molecule has 0 bridgehead atoms. The topological polar surface area (TPSA) is 77.7 Å². The molecule has 0 N–H and O–H groups in total. The molecule has 0 aliphatic rings. The predicted octanol–water partition coefficient (Wildman–Crippen LogP) is 3.91. The van der Waals surface area contributed by atoms with E-state index >= 15 is 0 Å². The van der Waals surface area contributed by atoms with Gasteiger partial charge in [-0.1, -0.05) is 42.4 Å². The monoisotopic (exact) mass is 395 g/mol. The van der Waals surface area contributed by atoms with Crippen LogP contribution >= 0.6 is 0 Å². The quantitative estimate of drug-likeness (QED) is 0.576. The van der Waals surface area contributed by atoms with Crippen LogP contribution in [0.4, 0.5) is 0 Å². The molecule has 0 unspecified atom stereocenters. The molecule has 0 saturated carbocycles. The summed E-state index contributed by atoms with van der Waals surface area (Å²) >= 11 is 0. The molecule has 0 aliphatic carbocycles. The number of methoxy groups -OCH3 is 2. The molecule has 7 heteroatoms. The van der Waals surface area contributed by atoms with E-state index in [-0.39, 0.29) is 18.4 Å². The van der Waals surface area contributed by atoms with Crippen molar-refractivity contribution in [2.45, 2.75) is 25.8 Å². The van der Waals surface area contributed by atoms with Crippen LogP contribution < -0.4 is 9.47 Å². The van der Waals surface area contributed by atoms with Gasteiger partial charge in [0.25, 0.3) is 0 Å². The highest BCUT2D eigenvalue weighted by Gasteiger charge is 2.23. The molecule has 1 atom stereocenters. The summed E-state index contributed by atoms with van der Waals surface area (Å²) in [5, 5.41) is 4.03. The second-order valence-electron chi connectivity index (χ2n) is 6.65. The van der Waals surface area contributed by atoms with Crippen LogP contribution in [-0.4, -0.2) is 42.2 Å². The van der Waals surface area contributed by atoms with E-state index in [0.29, 0.717) is 29.6 Å². The van der Waals surface area contributed by atoms with E-state index < -0.39 is 0 Å². The first kappa shape index (κ1) is 20.4. The molecule has 1 heterocycles. The molecule has 0 saturated heterocycles. The first-order valence-electron chi connectivity index (χ1n) is 9.42. The van der Waals surface area contributed by atoms with Crippen molar-refractivity contribution < 1.29 is 18.8 Å². The third-order valence-corrected chi connectivity index (χ3v) is 4.77. The summed E-state index contributed by atoms with van der Waals surface area (Å²) in [5.41, 5.74) is 1.74. The first-order chi connectivity index (χ1) is 14.1. The second kappa shape index (κ2) is 9.23. The average molecular weight is 395 g/mol. The average Bonchev–Trinajstić information content (AvgIpc) is 3.22. The van der Waals surface area contributed by atoms with Gasteiger partial charge in [0.2, 0.25) is 17.6 Å². The van der Waals surface area contributed by atoms with Crippen molar-refractivity contribution in [2.75, 3.05) is 21.3 Å². The zero-order valence-corrected chi connectivity index (χ0v) is 17.1. The van der Waals surface area contributed by atoms with Crippen LogP contribution in [0, 0.1) is 0 Å². The van der Waals surface area contributed by atoms with Crippen LogP contribution in [-0.2, 0) is 11.3 Å². The minimum absolute atomic E-state index is 0.0181. The smallest absolute Gasteiger partial charge is 0.246 e. The maximum absolute atomic E-state index is 12.9. The molecule has 3 aromatic rings. The van der Waals surface area contributed by atoms with Gasteiger partial charge in [-0.15, -0.1) is 0 Å². The van der Waals surface area contributed by atoms with Crippen molar-refractivity contribution >= 4 is 5.91 Å². The Hall–Kier alpha value is -3.35. The molecular weight excluding hydrogens is 370 g/mol. The van der Waals surface area contributed by atoms with Gasteiger partial charge in [-0.25, -0.2) is 0 Å². The third kappa shape index (κ3) is 4.56. The van der Waals surface area contributed by atoms with E-state index in [1.807, 2.05) is 43.3 Å². The highest BCUT2D eigenvalue weighted by Crippen LogP contribution is 2.31. The van der Waals surface area contributed by atoms with E-state index in [0.717, 1.165) is 11.1 Å². The molecule has 2 aromatic carbocycles. The largest absolute Gasteiger partial charge is 0.493 e. The van der Waals surface area contributed by atoms with Crippen LogP contribution in [0.2, 0.25) is 0 Å². The maximum atomic E-state index is 12.9. The van der Waals surface area contributed by atoms with E-state index in [4.69, 9.17) is 14.0 Å². The zero-order chi connectivity index (χ0) is 20.8. The van der Waals surface area contributed by atoms with Crippen molar-refractivity contribution in [3.8, 4) is 22.9 Å². The van der Waals surface area contributed by atoms with E-state index in [9.17, 15) is 4.79 Å². The van der Waals surface area contributed by atoms with Crippen molar-refractivity contribution in [2.24, 2.45) is 0 Å². The summed E-state index contributed by atoms with van der Waals surface area (Å²) in [6, 6.07) is 15.2. The van der Waals surface area contributed by atoms with Gasteiger partial charge in [0, 0.05) is 12.6 Å². The number of benzene rings is 2. The van der Waals surface area contributed by atoms with Gasteiger partial charge in [-0.3, -0.25) is 4.79 Å². The molecule has 7 nitrogen and oxygen atoms in total. The van der Waals surface area contributed by atoms with Gasteiger partial charge < -0.3 is 18.9 Å². The van der Waals surface area contributed by atoms with Crippen LogP contribution in [0.15, 0.2) is 53.1 Å². The number of amides is 1. The van der Waals surface area contributed by atoms with Gasteiger partial charge in [-0.2, -0.15) is 4.98 Å². The first-order valence-corrected chi connectivity index (χ1v) is 9.42. The lowest BCUT2D eigenvalue weighted by Crippen LogP contribution is -2.31. The van der Waals surface area contributed by atoms with Crippen LogP contribution in [0.1, 0.15) is 30.7 Å². The number of hydrogen-bond donors (Lipinski definition) is 0. The maximum Gasteiger partial charge on any atom is 0.246 e. The fourth-order valence-corrected chi connectivity index (χ4v) is 3.20. The van der Waals surface area contributed by atoms with Crippen LogP contribution in [0.25, 0.3) is 11.4 Å². The summed E-state index contributed by atoms with van der Waals surface area (Å²) in [6.45, 7) is 2.24. The standard InChI is InChI=1S/C22H25N3O4/c1-5-17(15-9-7-6-8-10-15)22(26)25(2)14-20-23-21(24-29-20)16-11-12-18(27-3)19(13-16)28-4/h6-13,17H,5,14H2,1-4H3/t17-/m0/s1. The van der Waals surface area contributed by atoms with Crippen LogP contribution in [0.3, 0.4) is 0 Å². The Labute approximate surface area is 170 Å². The lowest BCUT2D eigenvalue weighted by atomic mass is 9.95. The summed E-state index contributed by atoms with van der Waals surface area (Å²) in [5.74, 6) is 1.82. The number of hydrogen-bond acceptors (Lipinski definition) is 6. The summed E-state index contributed by atoms with van der Waals surface area (Å²) in [7, 11) is 4.89. The highest BCUT2D eigenvalue weighted by atomic mass is 16.5. The molecule has 3 rings (SSSR count). The van der Waals surface area contributed by atoms with E-state index in [1.165, 1.54) is 0 Å². The Kier molecular flexibility index (Phi) is 6.49. The number of ether oxygens (including phenoxy) is 2. The number of carbonyl (C=O) groups is 1. The fourth-order valence-electron chi connectivity index (χ4n) is 3.20. The molecular formula is C22H25N3O4. The SMILES string of the molecule is CC[C@H](C(=O)N(C)Cc1nc(-c2ccc(OC)c(OC)c2)no1)c1ccccc1. The van der Waals surface area contributed by atoms with Crippen molar-refractivity contribution in [3.05, 3.63) is 60.0 Å². The lowest BCUT2D eigenvalue weighted by Gasteiger charge is -2.22. The number of rotatable bonds is 8. The van der Waals surface area contributed by atoms with Gasteiger partial charge >= 0.3 is 0 Å². The highest BCUT2D eigenvalue weighted by molar-refractivity contribution is 5.83. The lowest BCUT2D eigenvalue weighted by molar-refractivity contribution is -0.132. The molecule has 1 amide bonds. The van der Waals surface area contributed by atoms with Gasteiger partial charge in [0.15, 0.2) is 11.5 Å². The Morgan fingerprint density at radius 2 is 1.83 bits per heavy atom. The minimum Gasteiger partial charge on any atom is -0.493 e. The molecule has 0 spiro atoms. The molecule has 0 fully saturated rings. The summed E-state index contributed by atoms with van der Waals surface area (Å²) < 4.78 is 15.9. The normalized spacial score (nSPS) is 11.7. The van der Waals surface area contributed by atoms with E-state index in [1.54, 1.807) is 38.3 Å². The van der Waals surface area contributed by atoms with Crippen LogP contribution in [0.5, 0.6) is 11.5 Å². The van der Waals surface area contributed by atoms with Crippen molar-refractivity contribution in [1.29, 1.82) is 0 Å². The molecule has 29 heavy (non-hydrogen) atoms. The number of aromatic nitrogens is 2. The number of likely N-dealkylation sites (N-methyl/N-ethyl adjacent to an activating group) is 1. The van der Waals surface area contributed by atoms with Crippen molar-refractivity contribution in [1.82, 2.24) is 15.0 Å². The summed E-state index contributed by atoms with van der Waals surface area (Å²) in [6.07, 6.45) is 0.716. The zero-order valence-electron chi connectivity index (χ0n) is 17.1. The number of nitrogens with zero attached hydrogens (tertiary/aromatic N) is 3. The molecule has 1 aromatic heterocycles. The Morgan fingerprint density at radius 1 is 1.10 bits per heavy atom. The molecule has 0 aliphatic heterocycles. The Morgan fingerprint density at radius 3 is 2.48 bits per heavy atom. The summed E-state index contributed by atoms with van der Waals surface area (Å²) in [4.78, 5) is 19.0. The minimum atomic E-state index is -0.200. The van der Waals surface area contributed by atoms with Gasteiger partial charge in [0.1, 0.15) is 0 Å². The Bertz CT molecular complexity index is 956.